The molecule has 0 heterocycles. The molecule has 114 valence electrons. The fourth-order valence-corrected chi connectivity index (χ4v) is 3.41. The van der Waals surface area contributed by atoms with Gasteiger partial charge in [0.25, 0.3) is 0 Å². The molecule has 1 saturated carbocycles. The summed E-state index contributed by atoms with van der Waals surface area (Å²) in [6.07, 6.45) is -0.485. The summed E-state index contributed by atoms with van der Waals surface area (Å²) in [5.41, 5.74) is 5.68. The van der Waals surface area contributed by atoms with Gasteiger partial charge in [0.2, 0.25) is 0 Å². The molecule has 0 aromatic carbocycles. The predicted octanol–water partition coefficient (Wildman–Crippen LogP) is 3.56. The Morgan fingerprint density at radius 2 is 1.68 bits per heavy atom. The molecule has 1 aliphatic rings. The molecular weight excluding hydrogens is 253 g/mol. The van der Waals surface area contributed by atoms with Gasteiger partial charge in [-0.15, -0.1) is 0 Å². The molecule has 0 unspecified atom stereocenters. The van der Waals surface area contributed by atoms with Crippen LogP contribution in [0.3, 0.4) is 0 Å². The van der Waals surface area contributed by atoms with Crippen LogP contribution in [0.5, 0.6) is 0 Å². The lowest BCUT2D eigenvalue weighted by Crippen LogP contribution is -2.58. The Morgan fingerprint density at radius 3 is 2.00 bits per heavy atom. The van der Waals surface area contributed by atoms with E-state index in [4.69, 9.17) is 5.73 Å². The van der Waals surface area contributed by atoms with Gasteiger partial charge in [0.05, 0.1) is 5.92 Å². The highest BCUT2D eigenvalue weighted by atomic mass is 19.4. The first-order chi connectivity index (χ1) is 8.80. The largest absolute Gasteiger partial charge is 0.391 e. The number of alkyl halides is 3. The van der Waals surface area contributed by atoms with E-state index in [9.17, 15) is 13.2 Å². The van der Waals surface area contributed by atoms with Crippen LogP contribution in [-0.2, 0) is 0 Å². The minimum Gasteiger partial charge on any atom is -0.329 e. The summed E-state index contributed by atoms with van der Waals surface area (Å²) < 4.78 is 38.2. The molecule has 0 aromatic heterocycles. The van der Waals surface area contributed by atoms with Crippen molar-refractivity contribution in [3.63, 3.8) is 0 Å². The highest BCUT2D eigenvalue weighted by Crippen LogP contribution is 2.43. The molecule has 0 saturated heterocycles. The van der Waals surface area contributed by atoms with Gasteiger partial charge in [0, 0.05) is 18.1 Å². The molecule has 5 heteroatoms. The number of hydrogen-bond acceptors (Lipinski definition) is 2. The van der Waals surface area contributed by atoms with Gasteiger partial charge in [-0.25, -0.2) is 0 Å². The summed E-state index contributed by atoms with van der Waals surface area (Å²) >= 11 is 0. The molecule has 0 radical (unpaired) electrons. The van der Waals surface area contributed by atoms with Crippen molar-refractivity contribution in [3.05, 3.63) is 0 Å². The second-order valence-corrected chi connectivity index (χ2v) is 5.83. The predicted molar refractivity (Wildman–Crippen MR) is 71.9 cm³/mol. The smallest absolute Gasteiger partial charge is 0.329 e. The van der Waals surface area contributed by atoms with Crippen molar-refractivity contribution in [3.8, 4) is 0 Å². The van der Waals surface area contributed by atoms with Crippen LogP contribution in [0.15, 0.2) is 0 Å². The van der Waals surface area contributed by atoms with E-state index in [2.05, 4.69) is 18.7 Å². The van der Waals surface area contributed by atoms with E-state index in [-0.39, 0.29) is 18.4 Å². The third-order valence-electron chi connectivity index (χ3n) is 5.00. The van der Waals surface area contributed by atoms with Gasteiger partial charge in [-0.1, -0.05) is 13.8 Å². The van der Waals surface area contributed by atoms with Gasteiger partial charge < -0.3 is 5.73 Å². The SMILES string of the molecule is CCC(CC)N(C)C1(CN)CCC(C(F)(F)F)CC1. The van der Waals surface area contributed by atoms with Crippen molar-refractivity contribution < 1.29 is 13.2 Å². The summed E-state index contributed by atoms with van der Waals surface area (Å²) in [5, 5.41) is 0. The number of likely N-dealkylation sites (N-methyl/N-ethyl adjacent to an activating group) is 1. The Balaban J connectivity index is 2.75. The average Bonchev–Trinajstić information content (AvgIpc) is 2.39. The molecule has 0 spiro atoms. The summed E-state index contributed by atoms with van der Waals surface area (Å²) in [4.78, 5) is 2.25. The second kappa shape index (κ2) is 6.44. The van der Waals surface area contributed by atoms with Gasteiger partial charge in [-0.05, 0) is 45.6 Å². The number of halogens is 3. The van der Waals surface area contributed by atoms with Crippen molar-refractivity contribution in [1.82, 2.24) is 4.90 Å². The molecule has 2 nitrogen and oxygen atoms in total. The molecular formula is C14H27F3N2. The topological polar surface area (TPSA) is 29.3 Å². The molecule has 19 heavy (non-hydrogen) atoms. The van der Waals surface area contributed by atoms with Gasteiger partial charge in [-0.2, -0.15) is 13.2 Å². The molecule has 0 amide bonds. The Hall–Kier alpha value is -0.290. The molecule has 1 rings (SSSR count). The highest BCUT2D eigenvalue weighted by Gasteiger charge is 2.47. The molecule has 0 aliphatic heterocycles. The summed E-state index contributed by atoms with van der Waals surface area (Å²) in [7, 11) is 2.03. The Bertz CT molecular complexity index is 266. The first kappa shape index (κ1) is 16.8. The minimum atomic E-state index is -4.05. The standard InChI is InChI=1S/C14H27F3N2/c1-4-12(5-2)19(3)13(10-18)8-6-11(7-9-13)14(15,16)17/h11-12H,4-10,18H2,1-3H3. The molecule has 0 aromatic rings. The summed E-state index contributed by atoms with van der Waals surface area (Å²) in [5.74, 6) is -1.14. The van der Waals surface area contributed by atoms with Crippen molar-refractivity contribution in [1.29, 1.82) is 0 Å². The molecule has 0 bridgehead atoms. The number of rotatable bonds is 5. The van der Waals surface area contributed by atoms with Gasteiger partial charge in [0.1, 0.15) is 0 Å². The number of nitrogens with two attached hydrogens (primary N) is 1. The van der Waals surface area contributed by atoms with Crippen LogP contribution in [0, 0.1) is 5.92 Å². The monoisotopic (exact) mass is 280 g/mol. The third-order valence-corrected chi connectivity index (χ3v) is 5.00. The molecule has 1 aliphatic carbocycles. The maximum absolute atomic E-state index is 12.7. The van der Waals surface area contributed by atoms with Gasteiger partial charge in [-0.3, -0.25) is 4.90 Å². The van der Waals surface area contributed by atoms with E-state index in [1.807, 2.05) is 7.05 Å². The zero-order valence-electron chi connectivity index (χ0n) is 12.3. The first-order valence-electron chi connectivity index (χ1n) is 7.30. The summed E-state index contributed by atoms with van der Waals surface area (Å²) in [6, 6.07) is 0.408. The van der Waals surface area contributed by atoms with Crippen LogP contribution in [-0.4, -0.2) is 36.2 Å². The Kier molecular flexibility index (Phi) is 5.68. The maximum atomic E-state index is 12.7. The third kappa shape index (κ3) is 3.63. The van der Waals surface area contributed by atoms with Crippen molar-refractivity contribution in [2.75, 3.05) is 13.6 Å². The Morgan fingerprint density at radius 1 is 1.21 bits per heavy atom. The van der Waals surface area contributed by atoms with E-state index in [0.717, 1.165) is 12.8 Å². The minimum absolute atomic E-state index is 0.213. The fourth-order valence-electron chi connectivity index (χ4n) is 3.41. The second-order valence-electron chi connectivity index (χ2n) is 5.83. The van der Waals surface area contributed by atoms with Crippen molar-refractivity contribution in [2.45, 2.75) is 70.1 Å². The van der Waals surface area contributed by atoms with Crippen molar-refractivity contribution >= 4 is 0 Å². The van der Waals surface area contributed by atoms with Crippen LogP contribution < -0.4 is 5.73 Å². The van der Waals surface area contributed by atoms with E-state index >= 15 is 0 Å². The number of hydrogen-bond donors (Lipinski definition) is 1. The number of nitrogens with zero attached hydrogens (tertiary/aromatic N) is 1. The molecule has 1 fully saturated rings. The van der Waals surface area contributed by atoms with E-state index in [1.54, 1.807) is 0 Å². The van der Waals surface area contributed by atoms with Crippen LogP contribution in [0.1, 0.15) is 52.4 Å². The average molecular weight is 280 g/mol. The lowest BCUT2D eigenvalue weighted by Gasteiger charge is -2.49. The quantitative estimate of drug-likeness (QED) is 0.834. The van der Waals surface area contributed by atoms with Gasteiger partial charge in [0.15, 0.2) is 0 Å². The highest BCUT2D eigenvalue weighted by molar-refractivity contribution is 4.97. The summed E-state index contributed by atoms with van der Waals surface area (Å²) in [6.45, 7) is 4.69. The lowest BCUT2D eigenvalue weighted by molar-refractivity contribution is -0.188. The van der Waals surface area contributed by atoms with Crippen LogP contribution in [0.2, 0.25) is 0 Å². The van der Waals surface area contributed by atoms with Gasteiger partial charge >= 0.3 is 6.18 Å². The Labute approximate surface area is 114 Å². The maximum Gasteiger partial charge on any atom is 0.391 e. The molecule has 0 atom stereocenters. The first-order valence-corrected chi connectivity index (χ1v) is 7.30. The lowest BCUT2D eigenvalue weighted by atomic mass is 9.74. The van der Waals surface area contributed by atoms with Crippen LogP contribution in [0.4, 0.5) is 13.2 Å². The normalized spacial score (nSPS) is 29.2. The van der Waals surface area contributed by atoms with E-state index in [1.165, 1.54) is 0 Å². The van der Waals surface area contributed by atoms with Crippen molar-refractivity contribution in [2.24, 2.45) is 11.7 Å². The fraction of sp³-hybridized carbons (Fsp3) is 1.00. The zero-order valence-corrected chi connectivity index (χ0v) is 12.3. The zero-order chi connectivity index (χ0) is 14.7. The molecule has 2 N–H and O–H groups in total. The van der Waals surface area contributed by atoms with Crippen LogP contribution >= 0.6 is 0 Å². The van der Waals surface area contributed by atoms with E-state index in [0.29, 0.717) is 25.4 Å². The van der Waals surface area contributed by atoms with Crippen LogP contribution in [0.25, 0.3) is 0 Å². The van der Waals surface area contributed by atoms with E-state index < -0.39 is 12.1 Å².